The van der Waals surface area contributed by atoms with Crippen molar-refractivity contribution in [2.75, 3.05) is 7.11 Å². The van der Waals surface area contributed by atoms with Crippen LogP contribution in [0.5, 0.6) is 6.01 Å². The van der Waals surface area contributed by atoms with Crippen molar-refractivity contribution in [1.82, 2.24) is 19.9 Å². The first kappa shape index (κ1) is 9.77. The zero-order valence-corrected chi connectivity index (χ0v) is 9.21. The molecular weight excluding hydrogens is 216 g/mol. The second kappa shape index (κ2) is 3.86. The van der Waals surface area contributed by atoms with E-state index in [0.717, 1.165) is 16.8 Å². The lowest BCUT2D eigenvalue weighted by molar-refractivity contribution is 0.386. The summed E-state index contributed by atoms with van der Waals surface area (Å²) >= 11 is 0. The van der Waals surface area contributed by atoms with Crippen LogP contribution >= 0.6 is 0 Å². The zero-order chi connectivity index (χ0) is 11.7. The molecule has 84 valence electrons. The highest BCUT2D eigenvalue weighted by molar-refractivity contribution is 5.87. The quantitative estimate of drug-likeness (QED) is 0.726. The fourth-order valence-corrected chi connectivity index (χ4v) is 1.72. The van der Waals surface area contributed by atoms with E-state index in [4.69, 9.17) is 4.74 Å². The highest BCUT2D eigenvalue weighted by Crippen LogP contribution is 2.24. The number of H-pyrrole nitrogens is 1. The Bertz CT molecular complexity index is 648. The molecule has 17 heavy (non-hydrogen) atoms. The molecule has 0 fully saturated rings. The molecule has 0 amide bonds. The molecule has 2 aromatic heterocycles. The number of rotatable bonds is 2. The molecule has 3 aromatic rings. The van der Waals surface area contributed by atoms with Gasteiger partial charge in [-0.05, 0) is 0 Å². The molecule has 1 N–H and O–H groups in total. The van der Waals surface area contributed by atoms with E-state index < -0.39 is 0 Å². The maximum atomic E-state index is 5.06. The van der Waals surface area contributed by atoms with Gasteiger partial charge >= 0.3 is 0 Å². The summed E-state index contributed by atoms with van der Waals surface area (Å²) in [6.07, 6.45) is 1.50. The Kier molecular flexibility index (Phi) is 2.22. The van der Waals surface area contributed by atoms with Crippen LogP contribution in [0, 0.1) is 0 Å². The average Bonchev–Trinajstić information content (AvgIpc) is 2.82. The predicted molar refractivity (Wildman–Crippen MR) is 63.7 cm³/mol. The van der Waals surface area contributed by atoms with E-state index in [1.165, 1.54) is 6.33 Å². The van der Waals surface area contributed by atoms with Gasteiger partial charge in [-0.25, -0.2) is 9.97 Å². The summed E-state index contributed by atoms with van der Waals surface area (Å²) in [5.74, 6) is 0. The highest BCUT2D eigenvalue weighted by Gasteiger charge is 2.10. The third-order valence-electron chi connectivity index (χ3n) is 2.51. The molecule has 0 aliphatic rings. The molecule has 0 bridgehead atoms. The Labute approximate surface area is 97.5 Å². The standard InChI is InChI=1S/C12H10N4O/c1-17-12-15-10-9(8-5-3-2-4-6-8)13-7-14-11(10)16-12/h2-7H,1H3,(H,13,14,15,16). The smallest absolute Gasteiger partial charge is 0.295 e. The van der Waals surface area contributed by atoms with Crippen molar-refractivity contribution in [3.05, 3.63) is 36.7 Å². The summed E-state index contributed by atoms with van der Waals surface area (Å²) in [5, 5.41) is 0. The molecule has 0 unspecified atom stereocenters. The number of fused-ring (bicyclic) bond motifs is 1. The second-order valence-corrected chi connectivity index (χ2v) is 3.53. The van der Waals surface area contributed by atoms with Crippen molar-refractivity contribution < 1.29 is 4.74 Å². The Morgan fingerprint density at radius 1 is 1.12 bits per heavy atom. The Morgan fingerprint density at radius 2 is 1.94 bits per heavy atom. The Hall–Kier alpha value is -2.43. The maximum absolute atomic E-state index is 5.06. The number of benzene rings is 1. The lowest BCUT2D eigenvalue weighted by Crippen LogP contribution is -1.87. The van der Waals surface area contributed by atoms with Gasteiger partial charge in [-0.2, -0.15) is 4.98 Å². The summed E-state index contributed by atoms with van der Waals surface area (Å²) in [5.41, 5.74) is 3.24. The summed E-state index contributed by atoms with van der Waals surface area (Å²) in [4.78, 5) is 15.6. The molecule has 0 saturated carbocycles. The predicted octanol–water partition coefficient (Wildman–Crippen LogP) is 2.03. The number of nitrogens with one attached hydrogen (secondary N) is 1. The number of aromatic nitrogens is 4. The molecule has 0 aliphatic carbocycles. The van der Waals surface area contributed by atoms with Crippen molar-refractivity contribution in [3.63, 3.8) is 0 Å². The molecule has 0 spiro atoms. The van der Waals surface area contributed by atoms with Crippen LogP contribution in [0.3, 0.4) is 0 Å². The van der Waals surface area contributed by atoms with E-state index in [1.54, 1.807) is 7.11 Å². The van der Waals surface area contributed by atoms with Crippen LogP contribution < -0.4 is 4.74 Å². The summed E-state index contributed by atoms with van der Waals surface area (Å²) in [7, 11) is 1.56. The van der Waals surface area contributed by atoms with Crippen molar-refractivity contribution in [2.45, 2.75) is 0 Å². The molecule has 0 aliphatic heterocycles. The summed E-state index contributed by atoms with van der Waals surface area (Å²) in [6, 6.07) is 10.3. The van der Waals surface area contributed by atoms with Gasteiger partial charge in [0, 0.05) is 5.56 Å². The van der Waals surface area contributed by atoms with Crippen LogP contribution in [0.4, 0.5) is 0 Å². The minimum Gasteiger partial charge on any atom is -0.468 e. The largest absolute Gasteiger partial charge is 0.468 e. The van der Waals surface area contributed by atoms with E-state index >= 15 is 0 Å². The van der Waals surface area contributed by atoms with E-state index in [0.29, 0.717) is 11.7 Å². The molecule has 0 radical (unpaired) electrons. The van der Waals surface area contributed by atoms with E-state index in [2.05, 4.69) is 19.9 Å². The summed E-state index contributed by atoms with van der Waals surface area (Å²) in [6.45, 7) is 0. The minimum absolute atomic E-state index is 0.442. The number of ether oxygens (including phenoxy) is 1. The summed E-state index contributed by atoms with van der Waals surface area (Å²) < 4.78 is 5.06. The first-order valence-corrected chi connectivity index (χ1v) is 5.18. The van der Waals surface area contributed by atoms with Gasteiger partial charge in [-0.3, -0.25) is 0 Å². The SMILES string of the molecule is COc1nc2ncnc(-c3ccccc3)c2[nH]1. The molecule has 5 nitrogen and oxygen atoms in total. The molecule has 0 atom stereocenters. The zero-order valence-electron chi connectivity index (χ0n) is 9.21. The third kappa shape index (κ3) is 1.61. The van der Waals surface area contributed by atoms with Gasteiger partial charge in [-0.1, -0.05) is 30.3 Å². The van der Waals surface area contributed by atoms with Crippen LogP contribution in [0.15, 0.2) is 36.7 Å². The van der Waals surface area contributed by atoms with Crippen LogP contribution in [0.25, 0.3) is 22.4 Å². The molecular formula is C12H10N4O. The molecule has 5 heteroatoms. The maximum Gasteiger partial charge on any atom is 0.295 e. The van der Waals surface area contributed by atoms with Crippen molar-refractivity contribution >= 4 is 11.2 Å². The first-order valence-electron chi connectivity index (χ1n) is 5.18. The number of hydrogen-bond donors (Lipinski definition) is 1. The van der Waals surface area contributed by atoms with Crippen molar-refractivity contribution in [3.8, 4) is 17.3 Å². The molecule has 3 rings (SSSR count). The second-order valence-electron chi connectivity index (χ2n) is 3.53. The van der Waals surface area contributed by atoms with Gasteiger partial charge in [0.2, 0.25) is 0 Å². The molecule has 0 saturated heterocycles. The third-order valence-corrected chi connectivity index (χ3v) is 2.51. The van der Waals surface area contributed by atoms with Gasteiger partial charge in [0.1, 0.15) is 11.8 Å². The lowest BCUT2D eigenvalue weighted by Gasteiger charge is -2.00. The van der Waals surface area contributed by atoms with E-state index in [1.807, 2.05) is 30.3 Å². The number of aromatic amines is 1. The lowest BCUT2D eigenvalue weighted by atomic mass is 10.1. The van der Waals surface area contributed by atoms with E-state index in [-0.39, 0.29) is 0 Å². The average molecular weight is 226 g/mol. The van der Waals surface area contributed by atoms with Gasteiger partial charge in [0.25, 0.3) is 6.01 Å². The van der Waals surface area contributed by atoms with Gasteiger partial charge in [-0.15, -0.1) is 0 Å². The van der Waals surface area contributed by atoms with E-state index in [9.17, 15) is 0 Å². The van der Waals surface area contributed by atoms with Gasteiger partial charge in [0.15, 0.2) is 5.65 Å². The Balaban J connectivity index is 2.26. The topological polar surface area (TPSA) is 63.7 Å². The van der Waals surface area contributed by atoms with Crippen LogP contribution in [0.2, 0.25) is 0 Å². The van der Waals surface area contributed by atoms with Crippen LogP contribution in [0.1, 0.15) is 0 Å². The number of nitrogens with zero attached hydrogens (tertiary/aromatic N) is 3. The highest BCUT2D eigenvalue weighted by atomic mass is 16.5. The number of imidazole rings is 1. The molecule has 1 aromatic carbocycles. The fraction of sp³-hybridized carbons (Fsp3) is 0.0833. The Morgan fingerprint density at radius 3 is 2.71 bits per heavy atom. The van der Waals surface area contributed by atoms with Crippen LogP contribution in [-0.2, 0) is 0 Å². The van der Waals surface area contributed by atoms with Gasteiger partial charge in [0.05, 0.1) is 12.8 Å². The molecule has 2 heterocycles. The first-order chi connectivity index (χ1) is 8.38. The normalized spacial score (nSPS) is 10.6. The van der Waals surface area contributed by atoms with Crippen molar-refractivity contribution in [1.29, 1.82) is 0 Å². The fourth-order valence-electron chi connectivity index (χ4n) is 1.72. The number of methoxy groups -OCH3 is 1. The van der Waals surface area contributed by atoms with Gasteiger partial charge < -0.3 is 9.72 Å². The number of hydrogen-bond acceptors (Lipinski definition) is 4. The van der Waals surface area contributed by atoms with Crippen LogP contribution in [-0.4, -0.2) is 27.0 Å². The van der Waals surface area contributed by atoms with Crippen molar-refractivity contribution in [2.24, 2.45) is 0 Å². The minimum atomic E-state index is 0.442. The monoisotopic (exact) mass is 226 g/mol.